The van der Waals surface area contributed by atoms with Gasteiger partial charge in [-0.3, -0.25) is 14.4 Å². The van der Waals surface area contributed by atoms with Crippen molar-refractivity contribution in [3.63, 3.8) is 0 Å². The summed E-state index contributed by atoms with van der Waals surface area (Å²) in [5, 5.41) is 3.08. The molecule has 2 aromatic rings. The molecule has 2 aliphatic rings. The molecule has 0 unspecified atom stereocenters. The quantitative estimate of drug-likeness (QED) is 0.513. The smallest absolute Gasteiger partial charge is 0.310 e. The fourth-order valence-corrected chi connectivity index (χ4v) is 4.97. The van der Waals surface area contributed by atoms with Gasteiger partial charge in [0.2, 0.25) is 11.9 Å². The maximum atomic E-state index is 14.9. The van der Waals surface area contributed by atoms with Gasteiger partial charge in [-0.05, 0) is 18.6 Å². The molecule has 0 bridgehead atoms. The molecule has 2 atom stereocenters. The van der Waals surface area contributed by atoms with Crippen molar-refractivity contribution in [3.05, 3.63) is 30.2 Å². The third-order valence-corrected chi connectivity index (χ3v) is 7.07. The first-order chi connectivity index (χ1) is 18.7. The van der Waals surface area contributed by atoms with Crippen LogP contribution >= 0.6 is 0 Å². The van der Waals surface area contributed by atoms with Crippen LogP contribution in [0, 0.1) is 17.7 Å². The molecule has 1 amide bonds. The fourth-order valence-electron chi connectivity index (χ4n) is 4.97. The van der Waals surface area contributed by atoms with Crippen LogP contribution in [0.2, 0.25) is 0 Å². The molecule has 3 heterocycles. The molecule has 4 rings (SSSR count). The standard InChI is InChI=1S/C26H33FN6O6/c1-16(34)31-7-9-32(10-8-31)19-5-6-21(22(12-19)37-2)29-26-28-13-20(27)23(30-26)33-14-17(24(35)38-3)11-18(15-33)25(36)39-4/h5-6,12-13,17-18H,7-11,14-15H2,1-4H3,(H,28,29,30)/t17-,18+. The predicted octanol–water partition coefficient (Wildman–Crippen LogP) is 1.82. The third-order valence-electron chi connectivity index (χ3n) is 7.07. The van der Waals surface area contributed by atoms with Crippen molar-refractivity contribution in [2.24, 2.45) is 11.8 Å². The number of nitrogens with zero attached hydrogens (tertiary/aromatic N) is 5. The van der Waals surface area contributed by atoms with Crippen molar-refractivity contribution in [3.8, 4) is 5.75 Å². The first kappa shape index (κ1) is 27.9. The maximum absolute atomic E-state index is 14.9. The van der Waals surface area contributed by atoms with Crippen molar-refractivity contribution < 1.29 is 33.0 Å². The van der Waals surface area contributed by atoms with Crippen LogP contribution in [0.3, 0.4) is 0 Å². The van der Waals surface area contributed by atoms with Crippen LogP contribution in [0.1, 0.15) is 13.3 Å². The van der Waals surface area contributed by atoms with Gasteiger partial charge in [-0.15, -0.1) is 0 Å². The van der Waals surface area contributed by atoms with Crippen LogP contribution in [-0.4, -0.2) is 93.3 Å². The average Bonchev–Trinajstić information content (AvgIpc) is 2.97. The zero-order valence-corrected chi connectivity index (χ0v) is 22.5. The maximum Gasteiger partial charge on any atom is 0.310 e. The Morgan fingerprint density at radius 3 is 2.18 bits per heavy atom. The number of amides is 1. The Bertz CT molecular complexity index is 1200. The molecule has 1 N–H and O–H groups in total. The second-order valence-corrected chi connectivity index (χ2v) is 9.45. The molecule has 1 aromatic carbocycles. The number of hydrogen-bond donors (Lipinski definition) is 1. The molecular formula is C26H33FN6O6. The summed E-state index contributed by atoms with van der Waals surface area (Å²) in [4.78, 5) is 50.1. The highest BCUT2D eigenvalue weighted by Crippen LogP contribution is 2.33. The summed E-state index contributed by atoms with van der Waals surface area (Å²) in [6.07, 6.45) is 1.27. The molecule has 39 heavy (non-hydrogen) atoms. The lowest BCUT2D eigenvalue weighted by Gasteiger charge is -2.36. The minimum Gasteiger partial charge on any atom is -0.494 e. The number of rotatable bonds is 7. The van der Waals surface area contributed by atoms with Crippen LogP contribution in [0.25, 0.3) is 0 Å². The Balaban J connectivity index is 1.54. The summed E-state index contributed by atoms with van der Waals surface area (Å²) in [6, 6.07) is 5.62. The van der Waals surface area contributed by atoms with Gasteiger partial charge < -0.3 is 34.2 Å². The van der Waals surface area contributed by atoms with Crippen molar-refractivity contribution in [2.75, 3.05) is 75.7 Å². The Kier molecular flexibility index (Phi) is 8.67. The van der Waals surface area contributed by atoms with Gasteiger partial charge in [-0.25, -0.2) is 9.37 Å². The number of aromatic nitrogens is 2. The summed E-state index contributed by atoms with van der Waals surface area (Å²) in [5.41, 5.74) is 1.51. The van der Waals surface area contributed by atoms with Crippen molar-refractivity contribution in [1.82, 2.24) is 14.9 Å². The largest absolute Gasteiger partial charge is 0.494 e. The lowest BCUT2D eigenvalue weighted by molar-refractivity contribution is -0.150. The number of piperazine rings is 1. The molecule has 210 valence electrons. The van der Waals surface area contributed by atoms with E-state index in [0.717, 1.165) is 11.9 Å². The van der Waals surface area contributed by atoms with Gasteiger partial charge in [0.25, 0.3) is 0 Å². The Hall–Kier alpha value is -4.16. The highest BCUT2D eigenvalue weighted by atomic mass is 19.1. The number of nitrogens with one attached hydrogen (secondary N) is 1. The third kappa shape index (κ3) is 6.29. The molecule has 12 nitrogen and oxygen atoms in total. The van der Waals surface area contributed by atoms with E-state index >= 15 is 0 Å². The second-order valence-electron chi connectivity index (χ2n) is 9.45. The first-order valence-electron chi connectivity index (χ1n) is 12.6. The van der Waals surface area contributed by atoms with E-state index in [2.05, 4.69) is 20.2 Å². The average molecular weight is 545 g/mol. The normalized spacial score (nSPS) is 19.4. The topological polar surface area (TPSA) is 126 Å². The molecular weight excluding hydrogens is 511 g/mol. The number of hydrogen-bond acceptors (Lipinski definition) is 11. The Morgan fingerprint density at radius 2 is 1.62 bits per heavy atom. The molecule has 0 aliphatic carbocycles. The number of carbonyl (C=O) groups excluding carboxylic acids is 3. The predicted molar refractivity (Wildman–Crippen MR) is 141 cm³/mol. The van der Waals surface area contributed by atoms with E-state index in [1.807, 2.05) is 23.1 Å². The van der Waals surface area contributed by atoms with E-state index in [1.54, 1.807) is 14.0 Å². The van der Waals surface area contributed by atoms with Gasteiger partial charge in [0.1, 0.15) is 5.75 Å². The van der Waals surface area contributed by atoms with E-state index in [-0.39, 0.29) is 37.2 Å². The number of benzene rings is 1. The molecule has 0 spiro atoms. The summed E-state index contributed by atoms with van der Waals surface area (Å²) >= 11 is 0. The fraction of sp³-hybridized carbons (Fsp3) is 0.500. The summed E-state index contributed by atoms with van der Waals surface area (Å²) in [7, 11) is 4.08. The lowest BCUT2D eigenvalue weighted by atomic mass is 9.89. The van der Waals surface area contributed by atoms with Crippen LogP contribution in [0.4, 0.5) is 27.5 Å². The van der Waals surface area contributed by atoms with E-state index < -0.39 is 29.6 Å². The second kappa shape index (κ2) is 12.1. The van der Waals surface area contributed by atoms with E-state index in [1.165, 1.54) is 19.1 Å². The number of esters is 2. The van der Waals surface area contributed by atoms with Gasteiger partial charge >= 0.3 is 11.9 Å². The number of carbonyl (C=O) groups is 3. The van der Waals surface area contributed by atoms with Crippen molar-refractivity contribution in [1.29, 1.82) is 0 Å². The minimum atomic E-state index is -0.693. The molecule has 0 radical (unpaired) electrons. The first-order valence-corrected chi connectivity index (χ1v) is 12.6. The van der Waals surface area contributed by atoms with Gasteiger partial charge in [0.05, 0.1) is 45.0 Å². The van der Waals surface area contributed by atoms with Crippen molar-refractivity contribution in [2.45, 2.75) is 13.3 Å². The van der Waals surface area contributed by atoms with Crippen LogP contribution < -0.4 is 19.9 Å². The van der Waals surface area contributed by atoms with Gasteiger partial charge in [-0.2, -0.15) is 4.98 Å². The highest BCUT2D eigenvalue weighted by Gasteiger charge is 2.38. The van der Waals surface area contributed by atoms with Crippen LogP contribution in [0.5, 0.6) is 5.75 Å². The summed E-state index contributed by atoms with van der Waals surface area (Å²) in [5.74, 6) is -2.31. The molecule has 2 saturated heterocycles. The zero-order chi connectivity index (χ0) is 28.1. The zero-order valence-electron chi connectivity index (χ0n) is 22.5. The molecule has 13 heteroatoms. The number of ether oxygens (including phenoxy) is 3. The molecule has 0 saturated carbocycles. The van der Waals surface area contributed by atoms with Crippen LogP contribution in [-0.2, 0) is 23.9 Å². The Morgan fingerprint density at radius 1 is 0.974 bits per heavy atom. The number of methoxy groups -OCH3 is 3. The van der Waals surface area contributed by atoms with Gasteiger partial charge in [0.15, 0.2) is 11.6 Å². The van der Waals surface area contributed by atoms with Crippen LogP contribution in [0.15, 0.2) is 24.4 Å². The van der Waals surface area contributed by atoms with Crippen molar-refractivity contribution >= 4 is 41.0 Å². The minimum absolute atomic E-state index is 0.0473. The van der Waals surface area contributed by atoms with Gasteiger partial charge in [-0.1, -0.05) is 0 Å². The van der Waals surface area contributed by atoms with Gasteiger partial charge in [0, 0.05) is 57.9 Å². The Labute approximate surface area is 226 Å². The molecule has 2 aliphatic heterocycles. The van der Waals surface area contributed by atoms with E-state index in [4.69, 9.17) is 14.2 Å². The monoisotopic (exact) mass is 544 g/mol. The highest BCUT2D eigenvalue weighted by molar-refractivity contribution is 5.78. The van der Waals surface area contributed by atoms with E-state index in [0.29, 0.717) is 37.6 Å². The number of halogens is 1. The SMILES string of the molecule is COC(=O)[C@@H]1C[C@H](C(=O)OC)CN(c2nc(Nc3ccc(N4CCN(C(C)=O)CC4)cc3OC)ncc2F)C1. The number of anilines is 4. The lowest BCUT2D eigenvalue weighted by Crippen LogP contribution is -2.48. The summed E-state index contributed by atoms with van der Waals surface area (Å²) in [6.45, 7) is 4.53. The molecule has 1 aromatic heterocycles. The summed E-state index contributed by atoms with van der Waals surface area (Å²) < 4.78 is 30.2. The molecule has 2 fully saturated rings. The number of piperidine rings is 1. The van der Waals surface area contributed by atoms with E-state index in [9.17, 15) is 18.8 Å².